The van der Waals surface area contributed by atoms with Gasteiger partial charge < -0.3 is 38.6 Å². The summed E-state index contributed by atoms with van der Waals surface area (Å²) in [5, 5.41) is 19.6. The van der Waals surface area contributed by atoms with Crippen LogP contribution >= 0.6 is 0 Å². The van der Waals surface area contributed by atoms with Crippen molar-refractivity contribution in [2.24, 2.45) is 0 Å². The van der Waals surface area contributed by atoms with Crippen LogP contribution < -0.4 is 9.47 Å². The zero-order chi connectivity index (χ0) is 29.1. The molecule has 13 heteroatoms. The lowest BCUT2D eigenvalue weighted by Gasteiger charge is -2.24. The van der Waals surface area contributed by atoms with E-state index in [1.165, 1.54) is 0 Å². The van der Waals surface area contributed by atoms with Gasteiger partial charge in [-0.3, -0.25) is 4.74 Å². The molecule has 0 aliphatic heterocycles. The van der Waals surface area contributed by atoms with Crippen molar-refractivity contribution in [3.05, 3.63) is 60.7 Å². The zero-order valence-corrected chi connectivity index (χ0v) is 22.0. The van der Waals surface area contributed by atoms with Gasteiger partial charge in [-0.1, -0.05) is 36.4 Å². The minimum atomic E-state index is -4.32. The molecule has 0 spiro atoms. The zero-order valence-electron chi connectivity index (χ0n) is 22.0. The first-order valence-corrected chi connectivity index (χ1v) is 12.6. The number of benzene rings is 2. The maximum absolute atomic E-state index is 13.7. The average molecular weight is 581 g/mol. The summed E-state index contributed by atoms with van der Waals surface area (Å²) in [7, 11) is 0. The van der Waals surface area contributed by atoms with Crippen molar-refractivity contribution < 1.29 is 60.9 Å². The van der Waals surface area contributed by atoms with E-state index in [2.05, 4.69) is 14.2 Å². The van der Waals surface area contributed by atoms with E-state index in [-0.39, 0.29) is 32.8 Å². The lowest BCUT2D eigenvalue weighted by Crippen LogP contribution is -2.40. The first kappa shape index (κ1) is 33.7. The fraction of sp³-hybridized carbons (Fsp3) is 0.556. The van der Waals surface area contributed by atoms with Crippen molar-refractivity contribution in [1.82, 2.24) is 0 Å². The van der Waals surface area contributed by atoms with Gasteiger partial charge in [-0.05, 0) is 24.3 Å². The summed E-state index contributed by atoms with van der Waals surface area (Å²) in [5.74, 6) is 1.27. The first-order chi connectivity index (χ1) is 19.2. The van der Waals surface area contributed by atoms with Crippen molar-refractivity contribution in [1.29, 1.82) is 0 Å². The molecule has 0 saturated heterocycles. The van der Waals surface area contributed by atoms with E-state index in [0.717, 1.165) is 0 Å². The Kier molecular flexibility index (Phi) is 15.8. The number of aliphatic hydroxyl groups is 2. The van der Waals surface area contributed by atoms with Crippen LogP contribution in [0, 0.1) is 0 Å². The van der Waals surface area contributed by atoms with E-state index in [1.54, 1.807) is 42.5 Å². The lowest BCUT2D eigenvalue weighted by atomic mass is 10.3. The van der Waals surface area contributed by atoms with E-state index >= 15 is 0 Å². The predicted molar refractivity (Wildman–Crippen MR) is 135 cm³/mol. The largest absolute Gasteiger partial charge is 0.493 e. The fourth-order valence-corrected chi connectivity index (χ4v) is 3.03. The Balaban J connectivity index is 1.45. The molecule has 0 bridgehead atoms. The van der Waals surface area contributed by atoms with Gasteiger partial charge in [0, 0.05) is 12.8 Å². The van der Waals surface area contributed by atoms with Gasteiger partial charge in [0.05, 0.1) is 51.8 Å². The van der Waals surface area contributed by atoms with Gasteiger partial charge in [0.15, 0.2) is 0 Å². The van der Waals surface area contributed by atoms with Crippen LogP contribution in [-0.4, -0.2) is 94.3 Å². The van der Waals surface area contributed by atoms with E-state index in [0.29, 0.717) is 24.5 Å². The molecular weight excluding hydrogens is 544 g/mol. The summed E-state index contributed by atoms with van der Waals surface area (Å²) >= 11 is 0. The molecule has 0 fully saturated rings. The Morgan fingerprint density at radius 2 is 1.02 bits per heavy atom. The second-order valence-electron chi connectivity index (χ2n) is 8.55. The molecule has 0 saturated carbocycles. The molecule has 2 rings (SSSR count). The molecule has 9 nitrogen and oxygen atoms in total. The quantitative estimate of drug-likeness (QED) is 0.115. The molecule has 0 aliphatic rings. The third kappa shape index (κ3) is 16.6. The maximum atomic E-state index is 13.7. The van der Waals surface area contributed by atoms with Crippen LogP contribution in [0.1, 0.15) is 12.8 Å². The molecule has 0 aliphatic carbocycles. The number of halogens is 4. The predicted octanol–water partition coefficient (Wildman–Crippen LogP) is 3.87. The van der Waals surface area contributed by atoms with E-state index in [1.807, 2.05) is 18.2 Å². The standard InChI is InChI=1S/C27H36F4O9/c28-26(29,19-36-18-23(33)12-14-39-25-9-5-2-6-10-25)40-27(30,31)20-37-21-35-16-15-34-17-22(32)11-13-38-24-7-3-1-4-8-24/h1-10,22-23,32-33H,11-21H2. The molecule has 2 N–H and O–H groups in total. The molecule has 2 aromatic carbocycles. The highest BCUT2D eigenvalue weighted by atomic mass is 19.3. The number of alkyl halides is 4. The number of ether oxygens (including phenoxy) is 7. The first-order valence-electron chi connectivity index (χ1n) is 12.6. The molecule has 40 heavy (non-hydrogen) atoms. The highest BCUT2D eigenvalue weighted by Crippen LogP contribution is 2.27. The van der Waals surface area contributed by atoms with Crippen LogP contribution in [0.5, 0.6) is 11.5 Å². The highest BCUT2D eigenvalue weighted by Gasteiger charge is 2.44. The van der Waals surface area contributed by atoms with Crippen LogP contribution in [0.15, 0.2) is 60.7 Å². The van der Waals surface area contributed by atoms with Crippen molar-refractivity contribution in [3.8, 4) is 11.5 Å². The monoisotopic (exact) mass is 580 g/mol. The van der Waals surface area contributed by atoms with Gasteiger partial charge in [-0.25, -0.2) is 0 Å². The molecule has 0 heterocycles. The summed E-state index contributed by atoms with van der Waals surface area (Å²) < 4.78 is 88.5. The molecule has 2 unspecified atom stereocenters. The second-order valence-corrected chi connectivity index (χ2v) is 8.55. The van der Waals surface area contributed by atoms with Crippen molar-refractivity contribution in [3.63, 3.8) is 0 Å². The van der Waals surface area contributed by atoms with Crippen molar-refractivity contribution in [2.45, 2.75) is 37.3 Å². The van der Waals surface area contributed by atoms with E-state index in [9.17, 15) is 27.8 Å². The smallest absolute Gasteiger partial charge is 0.383 e. The van der Waals surface area contributed by atoms with Crippen LogP contribution in [0.3, 0.4) is 0 Å². The normalized spacial score (nSPS) is 13.7. The maximum Gasteiger partial charge on any atom is 0.383 e. The van der Waals surface area contributed by atoms with Gasteiger partial charge in [-0.15, -0.1) is 0 Å². The molecule has 0 amide bonds. The van der Waals surface area contributed by atoms with E-state index in [4.69, 9.17) is 18.9 Å². The number of hydrogen-bond acceptors (Lipinski definition) is 9. The van der Waals surface area contributed by atoms with Gasteiger partial charge in [-0.2, -0.15) is 17.6 Å². The van der Waals surface area contributed by atoms with Gasteiger partial charge in [0.1, 0.15) is 31.5 Å². The third-order valence-electron chi connectivity index (χ3n) is 4.92. The Labute approximate surface area is 230 Å². The molecular formula is C27H36F4O9. The summed E-state index contributed by atoms with van der Waals surface area (Å²) in [6, 6.07) is 17.9. The van der Waals surface area contributed by atoms with Crippen LogP contribution in [0.2, 0.25) is 0 Å². The summed E-state index contributed by atoms with van der Waals surface area (Å²) in [4.78, 5) is 0. The van der Waals surface area contributed by atoms with Crippen molar-refractivity contribution in [2.75, 3.05) is 59.6 Å². The molecule has 226 valence electrons. The summed E-state index contributed by atoms with van der Waals surface area (Å²) in [6.45, 7) is -3.67. The van der Waals surface area contributed by atoms with Gasteiger partial charge in [0.2, 0.25) is 0 Å². The molecule has 0 radical (unpaired) electrons. The second kappa shape index (κ2) is 18.8. The number of hydrogen-bond donors (Lipinski definition) is 2. The minimum Gasteiger partial charge on any atom is -0.493 e. The highest BCUT2D eigenvalue weighted by molar-refractivity contribution is 5.21. The topological polar surface area (TPSA) is 105 Å². The molecule has 2 atom stereocenters. The third-order valence-corrected chi connectivity index (χ3v) is 4.92. The Morgan fingerprint density at radius 1 is 0.575 bits per heavy atom. The SMILES string of the molecule is OC(CCOc1ccccc1)COCCOCOCC(F)(F)OC(F)(F)COCC(O)CCOc1ccccc1. The van der Waals surface area contributed by atoms with E-state index < -0.39 is 51.0 Å². The number of rotatable bonds is 23. The van der Waals surface area contributed by atoms with Gasteiger partial charge in [0.25, 0.3) is 0 Å². The van der Waals surface area contributed by atoms with Crippen LogP contribution in [0.25, 0.3) is 0 Å². The van der Waals surface area contributed by atoms with Crippen LogP contribution in [-0.2, 0) is 23.7 Å². The summed E-state index contributed by atoms with van der Waals surface area (Å²) in [6.07, 6.45) is -10.1. The number of para-hydroxylation sites is 2. The Bertz CT molecular complexity index is 894. The van der Waals surface area contributed by atoms with Crippen LogP contribution in [0.4, 0.5) is 17.6 Å². The molecule has 2 aromatic rings. The lowest BCUT2D eigenvalue weighted by molar-refractivity contribution is -0.396. The summed E-state index contributed by atoms with van der Waals surface area (Å²) in [5.41, 5.74) is 0. The number of aliphatic hydroxyl groups excluding tert-OH is 2. The van der Waals surface area contributed by atoms with Crippen molar-refractivity contribution >= 4 is 0 Å². The Morgan fingerprint density at radius 3 is 1.55 bits per heavy atom. The molecule has 0 aromatic heterocycles. The minimum absolute atomic E-state index is 0.0178. The Hall–Kier alpha value is -2.52. The fourth-order valence-electron chi connectivity index (χ4n) is 3.03. The average Bonchev–Trinajstić information content (AvgIpc) is 2.90. The van der Waals surface area contributed by atoms with Gasteiger partial charge >= 0.3 is 12.2 Å².